The van der Waals surface area contributed by atoms with Gasteiger partial charge in [0.2, 0.25) is 0 Å². The summed E-state index contributed by atoms with van der Waals surface area (Å²) in [5.74, 6) is 0. The van der Waals surface area contributed by atoms with Crippen molar-refractivity contribution in [2.75, 3.05) is 0 Å². The average molecular weight is 673 g/mol. The Morgan fingerprint density at radius 3 is 1.51 bits per heavy atom. The molecule has 0 spiro atoms. The lowest BCUT2D eigenvalue weighted by molar-refractivity contribution is 0.670. The maximum Gasteiger partial charge on any atom is 0.143 e. The molecule has 246 valence electrons. The molecule has 1 heteroatoms. The normalized spacial score (nSPS) is 11.8. The molecule has 0 unspecified atom stereocenters. The molecule has 0 radical (unpaired) electrons. The van der Waals surface area contributed by atoms with Crippen LogP contribution in [0.3, 0.4) is 0 Å². The molecule has 0 aliphatic carbocycles. The van der Waals surface area contributed by atoms with Crippen LogP contribution in [0.15, 0.2) is 199 Å². The van der Waals surface area contributed by atoms with Crippen molar-refractivity contribution in [3.8, 4) is 44.5 Å². The van der Waals surface area contributed by atoms with Gasteiger partial charge in [0.15, 0.2) is 0 Å². The Labute approximate surface area is 307 Å². The van der Waals surface area contributed by atoms with Gasteiger partial charge in [-0.05, 0) is 112 Å². The molecule has 0 aliphatic rings. The summed E-state index contributed by atoms with van der Waals surface area (Å²) in [7, 11) is 0. The summed E-state index contributed by atoms with van der Waals surface area (Å²) in [4.78, 5) is 0. The minimum atomic E-state index is 0.894. The highest BCUT2D eigenvalue weighted by Gasteiger charge is 2.21. The Morgan fingerprint density at radius 2 is 0.792 bits per heavy atom. The molecule has 53 heavy (non-hydrogen) atoms. The molecule has 1 nitrogen and oxygen atoms in total. The second-order valence-electron chi connectivity index (χ2n) is 14.0. The van der Waals surface area contributed by atoms with Gasteiger partial charge in [-0.15, -0.1) is 0 Å². The number of fused-ring (bicyclic) bond motifs is 7. The smallest absolute Gasteiger partial charge is 0.143 e. The second kappa shape index (κ2) is 11.8. The van der Waals surface area contributed by atoms with Crippen LogP contribution in [0.25, 0.3) is 110 Å². The zero-order valence-corrected chi connectivity index (χ0v) is 28.9. The molecule has 0 atom stereocenters. The second-order valence-corrected chi connectivity index (χ2v) is 14.0. The van der Waals surface area contributed by atoms with Crippen molar-refractivity contribution < 1.29 is 4.42 Å². The third-order valence-corrected chi connectivity index (χ3v) is 11.0. The van der Waals surface area contributed by atoms with Gasteiger partial charge in [0.1, 0.15) is 11.2 Å². The first-order valence-electron chi connectivity index (χ1n) is 18.3. The molecule has 0 bridgehead atoms. The van der Waals surface area contributed by atoms with Crippen LogP contribution in [0.5, 0.6) is 0 Å². The highest BCUT2D eigenvalue weighted by Crippen LogP contribution is 2.48. The Bertz CT molecular complexity index is 3160. The van der Waals surface area contributed by atoms with Crippen molar-refractivity contribution in [2.45, 2.75) is 0 Å². The summed E-state index contributed by atoms with van der Waals surface area (Å²) in [6, 6.07) is 70.6. The Morgan fingerprint density at radius 1 is 0.264 bits per heavy atom. The predicted molar refractivity (Wildman–Crippen MR) is 225 cm³/mol. The number of rotatable bonds is 4. The van der Waals surface area contributed by atoms with E-state index in [0.29, 0.717) is 0 Å². The van der Waals surface area contributed by atoms with Gasteiger partial charge in [0.25, 0.3) is 0 Å². The molecule has 0 aliphatic heterocycles. The molecule has 0 amide bonds. The zero-order valence-electron chi connectivity index (χ0n) is 28.9. The lowest BCUT2D eigenvalue weighted by Crippen LogP contribution is -1.92. The monoisotopic (exact) mass is 672 g/mol. The molecule has 0 N–H and O–H groups in total. The standard InChI is InChI=1S/C52H32O/c1-2-15-34(16-3-1)46-30-36(29-35-18-5-7-21-39(35)46)47-31-37(32-48-40-22-12-13-28-49(40)53-52(47)48)50-42-23-8-10-25-44(42)51(45-26-11-9-24-43(45)50)41-27-14-19-33-17-4-6-20-38(33)41/h1-32H. The number of furan rings is 1. The largest absolute Gasteiger partial charge is 0.455 e. The number of para-hydroxylation sites is 1. The van der Waals surface area contributed by atoms with E-state index in [9.17, 15) is 0 Å². The van der Waals surface area contributed by atoms with Gasteiger partial charge in [0, 0.05) is 16.3 Å². The van der Waals surface area contributed by atoms with Crippen LogP contribution in [0.1, 0.15) is 0 Å². The molecule has 11 rings (SSSR count). The molecule has 0 saturated carbocycles. The molecule has 0 fully saturated rings. The summed E-state index contributed by atoms with van der Waals surface area (Å²) < 4.78 is 6.78. The van der Waals surface area contributed by atoms with E-state index in [2.05, 4.69) is 194 Å². The fraction of sp³-hybridized carbons (Fsp3) is 0. The maximum atomic E-state index is 6.78. The third-order valence-electron chi connectivity index (χ3n) is 11.0. The highest BCUT2D eigenvalue weighted by atomic mass is 16.3. The van der Waals surface area contributed by atoms with Crippen molar-refractivity contribution in [3.05, 3.63) is 194 Å². The van der Waals surface area contributed by atoms with Gasteiger partial charge in [-0.3, -0.25) is 0 Å². The Balaban J connectivity index is 1.26. The van der Waals surface area contributed by atoms with Crippen molar-refractivity contribution in [2.24, 2.45) is 0 Å². The lowest BCUT2D eigenvalue weighted by Gasteiger charge is -2.19. The van der Waals surface area contributed by atoms with E-state index in [1.54, 1.807) is 0 Å². The van der Waals surface area contributed by atoms with Crippen molar-refractivity contribution in [1.29, 1.82) is 0 Å². The van der Waals surface area contributed by atoms with Crippen molar-refractivity contribution in [1.82, 2.24) is 0 Å². The van der Waals surface area contributed by atoms with Gasteiger partial charge in [-0.25, -0.2) is 0 Å². The number of benzene rings is 10. The summed E-state index contributed by atoms with van der Waals surface area (Å²) in [5, 5.41) is 12.1. The first-order chi connectivity index (χ1) is 26.3. The van der Waals surface area contributed by atoms with Crippen LogP contribution in [0.4, 0.5) is 0 Å². The van der Waals surface area contributed by atoms with Gasteiger partial charge in [-0.2, -0.15) is 0 Å². The van der Waals surface area contributed by atoms with E-state index < -0.39 is 0 Å². The van der Waals surface area contributed by atoms with Crippen LogP contribution >= 0.6 is 0 Å². The summed E-state index contributed by atoms with van der Waals surface area (Å²) in [6.07, 6.45) is 0. The summed E-state index contributed by atoms with van der Waals surface area (Å²) in [5.41, 5.74) is 11.4. The van der Waals surface area contributed by atoms with Crippen LogP contribution in [0.2, 0.25) is 0 Å². The minimum Gasteiger partial charge on any atom is -0.455 e. The molecule has 11 aromatic rings. The van der Waals surface area contributed by atoms with Crippen LogP contribution < -0.4 is 0 Å². The van der Waals surface area contributed by atoms with E-state index in [1.165, 1.54) is 76.5 Å². The van der Waals surface area contributed by atoms with E-state index in [-0.39, 0.29) is 0 Å². The summed E-state index contributed by atoms with van der Waals surface area (Å²) >= 11 is 0. The van der Waals surface area contributed by atoms with E-state index in [0.717, 1.165) is 33.1 Å². The molecular weight excluding hydrogens is 641 g/mol. The third kappa shape index (κ3) is 4.64. The predicted octanol–water partition coefficient (Wildman–Crippen LogP) is 14.9. The quantitative estimate of drug-likeness (QED) is 0.170. The van der Waals surface area contributed by atoms with E-state index >= 15 is 0 Å². The van der Waals surface area contributed by atoms with Gasteiger partial charge in [0.05, 0.1) is 0 Å². The first kappa shape index (κ1) is 29.7. The minimum absolute atomic E-state index is 0.894. The number of hydrogen-bond acceptors (Lipinski definition) is 1. The van der Waals surface area contributed by atoms with Crippen molar-refractivity contribution >= 4 is 65.0 Å². The van der Waals surface area contributed by atoms with Crippen LogP contribution in [-0.2, 0) is 0 Å². The fourth-order valence-corrected chi connectivity index (χ4v) is 8.68. The molecule has 1 heterocycles. The molecule has 10 aromatic carbocycles. The maximum absolute atomic E-state index is 6.78. The Hall–Kier alpha value is -6.96. The highest BCUT2D eigenvalue weighted by molar-refractivity contribution is 6.24. The van der Waals surface area contributed by atoms with Gasteiger partial charge < -0.3 is 4.42 Å². The lowest BCUT2D eigenvalue weighted by atomic mass is 9.83. The average Bonchev–Trinajstić information content (AvgIpc) is 3.61. The first-order valence-corrected chi connectivity index (χ1v) is 18.3. The fourth-order valence-electron chi connectivity index (χ4n) is 8.68. The van der Waals surface area contributed by atoms with Crippen molar-refractivity contribution in [3.63, 3.8) is 0 Å². The molecule has 0 saturated heterocycles. The summed E-state index contributed by atoms with van der Waals surface area (Å²) in [6.45, 7) is 0. The van der Waals surface area contributed by atoms with E-state index in [1.807, 2.05) is 0 Å². The van der Waals surface area contributed by atoms with E-state index in [4.69, 9.17) is 4.42 Å². The van der Waals surface area contributed by atoms with Crippen LogP contribution in [-0.4, -0.2) is 0 Å². The SMILES string of the molecule is c1ccc(-c2cc(-c3cc(-c4c5ccccc5c(-c5cccc6ccccc56)c5ccccc45)cc4c3oc3ccccc34)cc3ccccc23)cc1. The Kier molecular flexibility index (Phi) is 6.62. The topological polar surface area (TPSA) is 13.1 Å². The van der Waals surface area contributed by atoms with Crippen LogP contribution in [0, 0.1) is 0 Å². The van der Waals surface area contributed by atoms with Gasteiger partial charge >= 0.3 is 0 Å². The zero-order chi connectivity index (χ0) is 34.9. The van der Waals surface area contributed by atoms with Gasteiger partial charge in [-0.1, -0.05) is 164 Å². The molecule has 1 aromatic heterocycles. The molecular formula is C52H32O. The number of hydrogen-bond donors (Lipinski definition) is 0.